The van der Waals surface area contributed by atoms with Crippen molar-refractivity contribution in [2.45, 2.75) is 76.6 Å². The minimum Gasteiger partial charge on any atom is -0.349 e. The predicted molar refractivity (Wildman–Crippen MR) is 72.4 cm³/mol. The summed E-state index contributed by atoms with van der Waals surface area (Å²) >= 11 is 0. The molecule has 1 aliphatic carbocycles. The van der Waals surface area contributed by atoms with Gasteiger partial charge >= 0.3 is 0 Å². The third-order valence-corrected chi connectivity index (χ3v) is 4.72. The molecule has 2 heterocycles. The molecular weight excluding hydrogens is 224 g/mol. The lowest BCUT2D eigenvalue weighted by atomic mass is 9.79. The maximum absolute atomic E-state index is 6.38. The van der Waals surface area contributed by atoms with Crippen molar-refractivity contribution in [3.63, 3.8) is 0 Å². The Morgan fingerprint density at radius 3 is 2.72 bits per heavy atom. The Hall–Kier alpha value is -0.340. The van der Waals surface area contributed by atoms with Gasteiger partial charge in [0.15, 0.2) is 5.79 Å². The molecule has 0 unspecified atom stereocenters. The van der Waals surface area contributed by atoms with Crippen LogP contribution >= 0.6 is 0 Å². The zero-order valence-corrected chi connectivity index (χ0v) is 11.8. The first-order valence-electron chi connectivity index (χ1n) is 7.64. The van der Waals surface area contributed by atoms with Crippen molar-refractivity contribution < 1.29 is 9.47 Å². The maximum atomic E-state index is 6.38. The summed E-state index contributed by atoms with van der Waals surface area (Å²) < 4.78 is 12.5. The molecule has 2 nitrogen and oxygen atoms in total. The zero-order valence-electron chi connectivity index (χ0n) is 11.8. The highest BCUT2D eigenvalue weighted by atomic mass is 16.7. The molecule has 3 rings (SSSR count). The van der Waals surface area contributed by atoms with Crippen molar-refractivity contribution >= 4 is 0 Å². The first-order chi connectivity index (χ1) is 8.61. The fourth-order valence-electron chi connectivity index (χ4n) is 3.97. The summed E-state index contributed by atoms with van der Waals surface area (Å²) in [6.07, 6.45) is 12.3. The minimum atomic E-state index is -0.287. The number of hydrogen-bond donors (Lipinski definition) is 0. The molecule has 3 aliphatic rings. The zero-order chi connectivity index (χ0) is 12.6. The molecule has 2 atom stereocenters. The molecule has 2 fully saturated rings. The third-order valence-electron chi connectivity index (χ3n) is 4.72. The topological polar surface area (TPSA) is 18.5 Å². The lowest BCUT2D eigenvalue weighted by Gasteiger charge is -2.40. The van der Waals surface area contributed by atoms with E-state index >= 15 is 0 Å². The van der Waals surface area contributed by atoms with E-state index in [-0.39, 0.29) is 11.4 Å². The average molecular weight is 250 g/mol. The van der Waals surface area contributed by atoms with Crippen molar-refractivity contribution in [2.75, 3.05) is 6.61 Å². The summed E-state index contributed by atoms with van der Waals surface area (Å²) in [6, 6.07) is 0. The summed E-state index contributed by atoms with van der Waals surface area (Å²) in [5.74, 6) is 0.221. The van der Waals surface area contributed by atoms with Crippen LogP contribution in [0.5, 0.6) is 0 Å². The van der Waals surface area contributed by atoms with E-state index in [1.807, 2.05) is 0 Å². The molecule has 0 aromatic heterocycles. The standard InChI is InChI=1S/C16H26O2/c1-15(2)12-14(13-8-4-3-5-9-13)16(18-15)10-6-7-11-17-16/h8,14H,3-7,9-12H2,1-2H3/t14-,16-/m0/s1. The van der Waals surface area contributed by atoms with Gasteiger partial charge in [-0.3, -0.25) is 0 Å². The highest BCUT2D eigenvalue weighted by Gasteiger charge is 2.54. The highest BCUT2D eigenvalue weighted by molar-refractivity contribution is 5.17. The van der Waals surface area contributed by atoms with Crippen LogP contribution in [0.1, 0.15) is 65.2 Å². The molecule has 102 valence electrons. The Morgan fingerprint density at radius 2 is 2.06 bits per heavy atom. The lowest BCUT2D eigenvalue weighted by molar-refractivity contribution is -0.273. The molecule has 0 bridgehead atoms. The van der Waals surface area contributed by atoms with Gasteiger partial charge in [0.05, 0.1) is 12.2 Å². The molecule has 0 aromatic rings. The molecule has 0 N–H and O–H groups in total. The molecule has 2 aliphatic heterocycles. The first-order valence-corrected chi connectivity index (χ1v) is 7.64. The fraction of sp³-hybridized carbons (Fsp3) is 0.875. The van der Waals surface area contributed by atoms with E-state index in [1.165, 1.54) is 38.5 Å². The number of rotatable bonds is 1. The van der Waals surface area contributed by atoms with Gasteiger partial charge in [-0.05, 0) is 58.8 Å². The van der Waals surface area contributed by atoms with Crippen LogP contribution in [0.3, 0.4) is 0 Å². The van der Waals surface area contributed by atoms with Crippen molar-refractivity contribution in [1.82, 2.24) is 0 Å². The van der Waals surface area contributed by atoms with E-state index in [0.717, 1.165) is 19.4 Å². The Balaban J connectivity index is 1.87. The van der Waals surface area contributed by atoms with E-state index in [2.05, 4.69) is 19.9 Å². The normalized spacial score (nSPS) is 39.9. The lowest BCUT2D eigenvalue weighted by Crippen LogP contribution is -2.43. The second kappa shape index (κ2) is 4.64. The van der Waals surface area contributed by atoms with Gasteiger partial charge in [0.1, 0.15) is 0 Å². The quantitative estimate of drug-likeness (QED) is 0.649. The largest absolute Gasteiger partial charge is 0.349 e. The molecule has 0 saturated carbocycles. The molecule has 18 heavy (non-hydrogen) atoms. The molecule has 0 radical (unpaired) electrons. The van der Waals surface area contributed by atoms with Gasteiger partial charge in [0.25, 0.3) is 0 Å². The Morgan fingerprint density at radius 1 is 1.17 bits per heavy atom. The highest BCUT2D eigenvalue weighted by Crippen LogP contribution is 2.51. The van der Waals surface area contributed by atoms with Gasteiger partial charge in [-0.25, -0.2) is 0 Å². The van der Waals surface area contributed by atoms with Crippen LogP contribution in [0.15, 0.2) is 11.6 Å². The van der Waals surface area contributed by atoms with Crippen molar-refractivity contribution in [3.8, 4) is 0 Å². The van der Waals surface area contributed by atoms with E-state index in [4.69, 9.17) is 9.47 Å². The van der Waals surface area contributed by atoms with Crippen molar-refractivity contribution in [2.24, 2.45) is 5.92 Å². The van der Waals surface area contributed by atoms with Crippen LogP contribution in [-0.4, -0.2) is 18.0 Å². The molecular formula is C16H26O2. The van der Waals surface area contributed by atoms with Crippen molar-refractivity contribution in [1.29, 1.82) is 0 Å². The summed E-state index contributed by atoms with van der Waals surface area (Å²) in [5, 5.41) is 0. The van der Waals surface area contributed by atoms with E-state index in [0.29, 0.717) is 5.92 Å². The van der Waals surface area contributed by atoms with E-state index in [1.54, 1.807) is 5.57 Å². The third kappa shape index (κ3) is 2.25. The van der Waals surface area contributed by atoms with Gasteiger partial charge in [0.2, 0.25) is 0 Å². The van der Waals surface area contributed by atoms with Crippen LogP contribution in [-0.2, 0) is 9.47 Å². The van der Waals surface area contributed by atoms with Crippen LogP contribution in [0.2, 0.25) is 0 Å². The smallest absolute Gasteiger partial charge is 0.175 e. The van der Waals surface area contributed by atoms with Crippen LogP contribution < -0.4 is 0 Å². The van der Waals surface area contributed by atoms with Gasteiger partial charge in [0, 0.05) is 12.3 Å². The summed E-state index contributed by atoms with van der Waals surface area (Å²) in [7, 11) is 0. The number of hydrogen-bond acceptors (Lipinski definition) is 2. The monoisotopic (exact) mass is 250 g/mol. The fourth-order valence-corrected chi connectivity index (χ4v) is 3.97. The SMILES string of the molecule is CC1(C)C[C@@H](C2=CCCCC2)[C@]2(CCCCO2)O1. The molecule has 0 aromatic carbocycles. The molecule has 1 spiro atoms. The van der Waals surface area contributed by atoms with E-state index < -0.39 is 0 Å². The van der Waals surface area contributed by atoms with Gasteiger partial charge in [-0.2, -0.15) is 0 Å². The predicted octanol–water partition coefficient (Wildman–Crippen LogP) is 4.20. The summed E-state index contributed by atoms with van der Waals surface area (Å²) in [4.78, 5) is 0. The second-order valence-electron chi connectivity index (χ2n) is 6.76. The second-order valence-corrected chi connectivity index (χ2v) is 6.76. The van der Waals surface area contributed by atoms with Gasteiger partial charge in [-0.15, -0.1) is 0 Å². The first kappa shape index (κ1) is 12.7. The van der Waals surface area contributed by atoms with Crippen molar-refractivity contribution in [3.05, 3.63) is 11.6 Å². The van der Waals surface area contributed by atoms with Gasteiger partial charge < -0.3 is 9.47 Å². The van der Waals surface area contributed by atoms with Gasteiger partial charge in [-0.1, -0.05) is 11.6 Å². The number of allylic oxidation sites excluding steroid dienone is 1. The van der Waals surface area contributed by atoms with E-state index in [9.17, 15) is 0 Å². The van der Waals surface area contributed by atoms with Crippen LogP contribution in [0.25, 0.3) is 0 Å². The molecule has 2 saturated heterocycles. The Bertz CT molecular complexity index is 337. The number of ether oxygens (including phenoxy) is 2. The minimum absolute atomic E-state index is 0.0275. The molecule has 2 heteroatoms. The Labute approximate surface area is 111 Å². The Kier molecular flexibility index (Phi) is 3.27. The van der Waals surface area contributed by atoms with Crippen LogP contribution in [0, 0.1) is 5.92 Å². The maximum Gasteiger partial charge on any atom is 0.175 e. The molecule has 0 amide bonds. The average Bonchev–Trinajstić information content (AvgIpc) is 2.62. The van der Waals surface area contributed by atoms with Crippen LogP contribution in [0.4, 0.5) is 0 Å². The summed E-state index contributed by atoms with van der Waals surface area (Å²) in [5.41, 5.74) is 1.59. The summed E-state index contributed by atoms with van der Waals surface area (Å²) in [6.45, 7) is 5.31.